The Hall–Kier alpha value is -1.53. The van der Waals surface area contributed by atoms with Gasteiger partial charge in [0, 0.05) is 12.1 Å². The Labute approximate surface area is 116 Å². The van der Waals surface area contributed by atoms with E-state index < -0.39 is 12.0 Å². The molecule has 0 saturated heterocycles. The minimum Gasteiger partial charge on any atom is -0.384 e. The van der Waals surface area contributed by atoms with Gasteiger partial charge in [0.05, 0.1) is 0 Å². The van der Waals surface area contributed by atoms with Crippen LogP contribution in [0.3, 0.4) is 0 Å². The van der Waals surface area contributed by atoms with Crippen molar-refractivity contribution in [1.29, 1.82) is 0 Å². The van der Waals surface area contributed by atoms with Crippen LogP contribution in [0.1, 0.15) is 44.9 Å². The van der Waals surface area contributed by atoms with E-state index in [2.05, 4.69) is 22.2 Å². The third-order valence-corrected chi connectivity index (χ3v) is 3.69. The maximum absolute atomic E-state index is 12.7. The molecule has 1 aliphatic rings. The van der Waals surface area contributed by atoms with Crippen molar-refractivity contribution >= 4 is 11.6 Å². The zero-order chi connectivity index (χ0) is 14.8. The van der Waals surface area contributed by atoms with Crippen molar-refractivity contribution in [2.75, 3.05) is 11.1 Å². The zero-order valence-corrected chi connectivity index (χ0v) is 11.4. The number of nitrogens with one attached hydrogen (secondary N) is 1. The lowest BCUT2D eigenvalue weighted by atomic mass is 9.97. The molecule has 2 unspecified atom stereocenters. The molecule has 0 aromatic carbocycles. The van der Waals surface area contributed by atoms with Crippen LogP contribution in [0.25, 0.3) is 0 Å². The number of hydrogen-bond donors (Lipinski definition) is 2. The Morgan fingerprint density at radius 1 is 1.20 bits per heavy atom. The second-order valence-corrected chi connectivity index (χ2v) is 5.37. The first-order chi connectivity index (χ1) is 9.36. The van der Waals surface area contributed by atoms with Gasteiger partial charge >= 0.3 is 6.18 Å². The number of anilines is 2. The van der Waals surface area contributed by atoms with E-state index in [1.54, 1.807) is 0 Å². The summed E-state index contributed by atoms with van der Waals surface area (Å²) in [6.45, 7) is 2.11. The number of alkyl halides is 3. The van der Waals surface area contributed by atoms with Crippen molar-refractivity contribution in [3.63, 3.8) is 0 Å². The molecule has 2 rings (SSSR count). The minimum atomic E-state index is -4.58. The summed E-state index contributed by atoms with van der Waals surface area (Å²) in [5, 5.41) is 3.09. The highest BCUT2D eigenvalue weighted by molar-refractivity contribution is 5.45. The van der Waals surface area contributed by atoms with Gasteiger partial charge in [0.1, 0.15) is 11.6 Å². The van der Waals surface area contributed by atoms with Gasteiger partial charge in [0.15, 0.2) is 0 Å². The van der Waals surface area contributed by atoms with Crippen molar-refractivity contribution in [2.45, 2.75) is 51.2 Å². The van der Waals surface area contributed by atoms with Crippen LogP contribution in [0.4, 0.5) is 24.8 Å². The normalized spacial score (nSPS) is 24.2. The average molecular weight is 288 g/mol. The first kappa shape index (κ1) is 14.9. The quantitative estimate of drug-likeness (QED) is 0.818. The highest BCUT2D eigenvalue weighted by atomic mass is 19.4. The van der Waals surface area contributed by atoms with E-state index in [9.17, 15) is 13.2 Å². The van der Waals surface area contributed by atoms with Crippen LogP contribution in [0.5, 0.6) is 0 Å². The summed E-state index contributed by atoms with van der Waals surface area (Å²) in [5.74, 6) is -0.802. The third-order valence-electron chi connectivity index (χ3n) is 3.69. The lowest BCUT2D eigenvalue weighted by Crippen LogP contribution is -2.27. The number of nitrogens with two attached hydrogens (primary N) is 1. The number of halogens is 3. The van der Waals surface area contributed by atoms with Crippen molar-refractivity contribution in [3.8, 4) is 0 Å². The molecule has 0 spiro atoms. The lowest BCUT2D eigenvalue weighted by molar-refractivity contribution is -0.144. The molecule has 3 N–H and O–H groups in total. The molecule has 1 aromatic heterocycles. The monoisotopic (exact) mass is 288 g/mol. The molecule has 1 saturated carbocycles. The SMILES string of the molecule is CC1CCCCCC1Nc1cc(N)nc(C(F)(F)F)n1. The molecular weight excluding hydrogens is 269 g/mol. The Morgan fingerprint density at radius 3 is 2.60 bits per heavy atom. The fraction of sp³-hybridized carbons (Fsp3) is 0.692. The highest BCUT2D eigenvalue weighted by Gasteiger charge is 2.35. The first-order valence-electron chi connectivity index (χ1n) is 6.84. The van der Waals surface area contributed by atoms with Gasteiger partial charge in [-0.1, -0.05) is 26.2 Å². The van der Waals surface area contributed by atoms with Gasteiger partial charge in [-0.05, 0) is 18.8 Å². The molecule has 0 radical (unpaired) electrons. The topological polar surface area (TPSA) is 63.8 Å². The van der Waals surface area contributed by atoms with E-state index in [0.29, 0.717) is 5.92 Å². The van der Waals surface area contributed by atoms with Crippen molar-refractivity contribution < 1.29 is 13.2 Å². The fourth-order valence-corrected chi connectivity index (χ4v) is 2.56. The molecule has 1 aromatic rings. The van der Waals surface area contributed by atoms with Crippen LogP contribution in [0.2, 0.25) is 0 Å². The average Bonchev–Trinajstić information content (AvgIpc) is 2.53. The number of nitrogens with zero attached hydrogens (tertiary/aromatic N) is 2. The summed E-state index contributed by atoms with van der Waals surface area (Å²) in [6.07, 6.45) is 0.841. The number of aromatic nitrogens is 2. The molecule has 4 nitrogen and oxygen atoms in total. The maximum Gasteiger partial charge on any atom is 0.451 e. The highest BCUT2D eigenvalue weighted by Crippen LogP contribution is 2.29. The zero-order valence-electron chi connectivity index (χ0n) is 11.4. The molecule has 1 heterocycles. The van der Waals surface area contributed by atoms with Gasteiger partial charge < -0.3 is 11.1 Å². The second-order valence-electron chi connectivity index (χ2n) is 5.37. The standard InChI is InChI=1S/C13H19F3N4/c1-8-5-3-2-4-6-9(8)18-11-7-10(17)19-12(20-11)13(14,15)16/h7-9H,2-6H2,1H3,(H3,17,18,19,20). The van der Waals surface area contributed by atoms with Crippen molar-refractivity contribution in [2.24, 2.45) is 5.92 Å². The lowest BCUT2D eigenvalue weighted by Gasteiger charge is -2.23. The predicted molar refractivity (Wildman–Crippen MR) is 71.1 cm³/mol. The molecule has 7 heteroatoms. The van der Waals surface area contributed by atoms with Gasteiger partial charge in [0.2, 0.25) is 5.82 Å². The molecule has 1 fully saturated rings. The van der Waals surface area contributed by atoms with Crippen molar-refractivity contribution in [3.05, 3.63) is 11.9 Å². The molecule has 0 amide bonds. The van der Waals surface area contributed by atoms with Crippen LogP contribution >= 0.6 is 0 Å². The number of rotatable bonds is 2. The molecule has 1 aliphatic carbocycles. The molecule has 2 atom stereocenters. The fourth-order valence-electron chi connectivity index (χ4n) is 2.56. The summed E-state index contributed by atoms with van der Waals surface area (Å²) in [7, 11) is 0. The molecule has 20 heavy (non-hydrogen) atoms. The van der Waals surface area contributed by atoms with E-state index in [1.165, 1.54) is 18.9 Å². The second kappa shape index (κ2) is 5.85. The summed E-state index contributed by atoms with van der Waals surface area (Å²) in [5.41, 5.74) is 5.44. The van der Waals surface area contributed by atoms with Gasteiger partial charge in [-0.2, -0.15) is 13.2 Å². The van der Waals surface area contributed by atoms with E-state index in [-0.39, 0.29) is 17.7 Å². The smallest absolute Gasteiger partial charge is 0.384 e. The van der Waals surface area contributed by atoms with Crippen LogP contribution < -0.4 is 11.1 Å². The molecule has 0 bridgehead atoms. The van der Waals surface area contributed by atoms with Crippen LogP contribution in [0.15, 0.2) is 6.07 Å². The van der Waals surface area contributed by atoms with E-state index in [4.69, 9.17) is 5.73 Å². The van der Waals surface area contributed by atoms with Crippen LogP contribution in [-0.2, 0) is 6.18 Å². The summed E-state index contributed by atoms with van der Waals surface area (Å²) >= 11 is 0. The summed E-state index contributed by atoms with van der Waals surface area (Å²) in [4.78, 5) is 6.77. The van der Waals surface area contributed by atoms with Gasteiger partial charge in [-0.25, -0.2) is 9.97 Å². The Kier molecular flexibility index (Phi) is 4.35. The molecular formula is C13H19F3N4. The summed E-state index contributed by atoms with van der Waals surface area (Å²) < 4.78 is 38.0. The van der Waals surface area contributed by atoms with E-state index in [0.717, 1.165) is 19.3 Å². The molecule has 112 valence electrons. The van der Waals surface area contributed by atoms with Crippen molar-refractivity contribution in [1.82, 2.24) is 9.97 Å². The van der Waals surface area contributed by atoms with E-state index in [1.807, 2.05) is 0 Å². The predicted octanol–water partition coefficient (Wildman–Crippen LogP) is 3.46. The van der Waals surface area contributed by atoms with E-state index >= 15 is 0 Å². The minimum absolute atomic E-state index is 0.132. The Morgan fingerprint density at radius 2 is 1.90 bits per heavy atom. The largest absolute Gasteiger partial charge is 0.451 e. The Balaban J connectivity index is 2.18. The van der Waals surface area contributed by atoms with Crippen LogP contribution in [0, 0.1) is 5.92 Å². The Bertz CT molecular complexity index is 461. The maximum atomic E-state index is 12.7. The van der Waals surface area contributed by atoms with Gasteiger partial charge in [-0.3, -0.25) is 0 Å². The van der Waals surface area contributed by atoms with Gasteiger partial charge in [-0.15, -0.1) is 0 Å². The summed E-state index contributed by atoms with van der Waals surface area (Å²) in [6, 6.07) is 1.49. The number of nitrogen functional groups attached to an aromatic ring is 1. The van der Waals surface area contributed by atoms with Gasteiger partial charge in [0.25, 0.3) is 0 Å². The first-order valence-corrected chi connectivity index (χ1v) is 6.84. The van der Waals surface area contributed by atoms with Crippen LogP contribution in [-0.4, -0.2) is 16.0 Å². The third kappa shape index (κ3) is 3.74. The number of hydrogen-bond acceptors (Lipinski definition) is 4. The molecule has 0 aliphatic heterocycles.